The molecule has 0 saturated carbocycles. The minimum absolute atomic E-state index is 0.965. The normalized spacial score (nSPS) is 10.8. The Morgan fingerprint density at radius 2 is 1.31 bits per heavy atom. The molecule has 1 aromatic heterocycles. The third-order valence-electron chi connectivity index (χ3n) is 5.27. The van der Waals surface area contributed by atoms with Gasteiger partial charge in [-0.25, -0.2) is 4.98 Å². The van der Waals surface area contributed by atoms with Crippen LogP contribution in [-0.2, 0) is 6.54 Å². The van der Waals surface area contributed by atoms with E-state index in [9.17, 15) is 0 Å². The van der Waals surface area contributed by atoms with Gasteiger partial charge in [0.25, 0.3) is 0 Å². The van der Waals surface area contributed by atoms with Crippen molar-refractivity contribution >= 4 is 5.69 Å². The fraction of sp³-hybridized carbons (Fsp3) is 0.192. The molecule has 0 radical (unpaired) electrons. The van der Waals surface area contributed by atoms with E-state index in [-0.39, 0.29) is 0 Å². The number of anilines is 1. The lowest BCUT2D eigenvalue weighted by Gasteiger charge is -2.19. The molecule has 0 amide bonds. The molecule has 4 rings (SSSR count). The molecule has 0 spiro atoms. The molecule has 3 aromatic carbocycles. The van der Waals surface area contributed by atoms with Gasteiger partial charge >= 0.3 is 0 Å². The molecule has 0 fully saturated rings. The van der Waals surface area contributed by atoms with Crippen molar-refractivity contribution in [1.29, 1.82) is 0 Å². The molecule has 3 heteroatoms. The molecule has 3 nitrogen and oxygen atoms in total. The molecule has 1 heterocycles. The van der Waals surface area contributed by atoms with Crippen LogP contribution in [0.3, 0.4) is 0 Å². The van der Waals surface area contributed by atoms with E-state index >= 15 is 0 Å². The van der Waals surface area contributed by atoms with Crippen LogP contribution in [-0.4, -0.2) is 23.1 Å². The number of unbranched alkanes of at least 4 members (excludes halogenated alkanes) is 1. The van der Waals surface area contributed by atoms with Crippen LogP contribution in [0.2, 0.25) is 0 Å². The molecule has 0 saturated heterocycles. The number of nitrogens with zero attached hydrogens (tertiary/aromatic N) is 3. The van der Waals surface area contributed by atoms with E-state index in [1.807, 2.05) is 12.4 Å². The van der Waals surface area contributed by atoms with Crippen LogP contribution in [0.15, 0.2) is 97.3 Å². The van der Waals surface area contributed by atoms with E-state index in [1.165, 1.54) is 16.9 Å². The van der Waals surface area contributed by atoms with Crippen molar-refractivity contribution in [2.75, 3.05) is 18.5 Å². The smallest absolute Gasteiger partial charge is 0.0963 e. The minimum atomic E-state index is 0.965. The average molecular weight is 382 g/mol. The van der Waals surface area contributed by atoms with Gasteiger partial charge in [-0.3, -0.25) is 0 Å². The highest BCUT2D eigenvalue weighted by molar-refractivity contribution is 5.78. The van der Waals surface area contributed by atoms with Crippen LogP contribution in [0.4, 0.5) is 5.69 Å². The summed E-state index contributed by atoms with van der Waals surface area (Å²) in [6.07, 6.45) is 4.24. The number of rotatable bonds is 8. The zero-order valence-corrected chi connectivity index (χ0v) is 16.9. The first-order valence-corrected chi connectivity index (χ1v) is 10.2. The van der Waals surface area contributed by atoms with Crippen molar-refractivity contribution in [3.8, 4) is 22.5 Å². The molecule has 0 N–H and O–H groups in total. The monoisotopic (exact) mass is 381 g/mol. The number of aryl methyl sites for hydroxylation is 1. The van der Waals surface area contributed by atoms with Gasteiger partial charge in [0.1, 0.15) is 0 Å². The molecular weight excluding hydrogens is 354 g/mol. The molecule has 29 heavy (non-hydrogen) atoms. The Hall–Kier alpha value is -3.33. The van der Waals surface area contributed by atoms with Crippen molar-refractivity contribution in [2.24, 2.45) is 0 Å². The number of benzene rings is 3. The molecule has 4 aromatic rings. The molecule has 0 atom stereocenters. The second-order valence-corrected chi connectivity index (χ2v) is 7.33. The van der Waals surface area contributed by atoms with E-state index in [0.29, 0.717) is 0 Å². The zero-order chi connectivity index (χ0) is 19.9. The van der Waals surface area contributed by atoms with Gasteiger partial charge in [0.15, 0.2) is 0 Å². The summed E-state index contributed by atoms with van der Waals surface area (Å²) >= 11 is 0. The van der Waals surface area contributed by atoms with Gasteiger partial charge in [-0.05, 0) is 25.0 Å². The van der Waals surface area contributed by atoms with E-state index in [4.69, 9.17) is 4.98 Å². The third kappa shape index (κ3) is 4.57. The summed E-state index contributed by atoms with van der Waals surface area (Å²) in [4.78, 5) is 7.10. The highest BCUT2D eigenvalue weighted by Crippen LogP contribution is 2.31. The average Bonchev–Trinajstić information content (AvgIpc) is 3.22. The molecule has 0 bridgehead atoms. The maximum Gasteiger partial charge on any atom is 0.0963 e. The summed E-state index contributed by atoms with van der Waals surface area (Å²) in [7, 11) is 2.16. The maximum atomic E-state index is 4.78. The molecule has 0 aliphatic rings. The highest BCUT2D eigenvalue weighted by atomic mass is 15.1. The summed E-state index contributed by atoms with van der Waals surface area (Å²) in [5.74, 6) is 0. The second-order valence-electron chi connectivity index (χ2n) is 7.33. The molecule has 0 aliphatic carbocycles. The first-order chi connectivity index (χ1) is 14.3. The Morgan fingerprint density at radius 3 is 1.97 bits per heavy atom. The fourth-order valence-electron chi connectivity index (χ4n) is 3.70. The van der Waals surface area contributed by atoms with E-state index in [0.717, 1.165) is 37.2 Å². The number of imidazole rings is 1. The molecular formula is C26H27N3. The lowest BCUT2D eigenvalue weighted by Crippen LogP contribution is -2.18. The second kappa shape index (κ2) is 9.24. The van der Waals surface area contributed by atoms with Gasteiger partial charge in [0, 0.05) is 37.0 Å². The zero-order valence-electron chi connectivity index (χ0n) is 16.9. The molecule has 146 valence electrons. The molecule has 0 aliphatic heterocycles. The Balaban J connectivity index is 1.48. The SMILES string of the molecule is CN(CCCCn1cnc(-c2ccccc2)c1-c1ccccc1)c1ccccc1. The summed E-state index contributed by atoms with van der Waals surface area (Å²) in [5, 5.41) is 0. The Kier molecular flexibility index (Phi) is 6.06. The van der Waals surface area contributed by atoms with Gasteiger partial charge in [-0.15, -0.1) is 0 Å². The van der Waals surface area contributed by atoms with Gasteiger partial charge < -0.3 is 9.47 Å². The lowest BCUT2D eigenvalue weighted by atomic mass is 10.0. The van der Waals surface area contributed by atoms with Gasteiger partial charge in [0.2, 0.25) is 0 Å². The molecule has 0 unspecified atom stereocenters. The quantitative estimate of drug-likeness (QED) is 0.342. The highest BCUT2D eigenvalue weighted by Gasteiger charge is 2.14. The Morgan fingerprint density at radius 1 is 0.724 bits per heavy atom. The van der Waals surface area contributed by atoms with Crippen LogP contribution in [0.25, 0.3) is 22.5 Å². The predicted octanol–water partition coefficient (Wildman–Crippen LogP) is 6.13. The van der Waals surface area contributed by atoms with Crippen LogP contribution in [0, 0.1) is 0 Å². The van der Waals surface area contributed by atoms with Crippen molar-refractivity contribution < 1.29 is 0 Å². The van der Waals surface area contributed by atoms with Crippen LogP contribution in [0.1, 0.15) is 12.8 Å². The summed E-state index contributed by atoms with van der Waals surface area (Å²) < 4.78 is 2.31. The van der Waals surface area contributed by atoms with Crippen LogP contribution < -0.4 is 4.90 Å². The number of para-hydroxylation sites is 1. The van der Waals surface area contributed by atoms with Gasteiger partial charge in [-0.2, -0.15) is 0 Å². The predicted molar refractivity (Wildman–Crippen MR) is 122 cm³/mol. The standard InChI is InChI=1S/C26H27N3/c1-28(24-17-9-4-10-18-24)19-11-12-20-29-21-27-25(22-13-5-2-6-14-22)26(29)23-15-7-3-8-16-23/h2-10,13-18,21H,11-12,19-20H2,1H3. The first-order valence-electron chi connectivity index (χ1n) is 10.2. The van der Waals surface area contributed by atoms with E-state index < -0.39 is 0 Å². The summed E-state index contributed by atoms with van der Waals surface area (Å²) in [5.41, 5.74) is 5.90. The lowest BCUT2D eigenvalue weighted by molar-refractivity contribution is 0.611. The van der Waals surface area contributed by atoms with Gasteiger partial charge in [-0.1, -0.05) is 78.9 Å². The third-order valence-corrected chi connectivity index (χ3v) is 5.27. The van der Waals surface area contributed by atoms with Crippen LogP contribution >= 0.6 is 0 Å². The van der Waals surface area contributed by atoms with E-state index in [1.54, 1.807) is 0 Å². The number of aromatic nitrogens is 2. The summed E-state index contributed by atoms with van der Waals surface area (Å²) in [6, 6.07) is 31.6. The maximum absolute atomic E-state index is 4.78. The Bertz CT molecular complexity index is 1010. The fourth-order valence-corrected chi connectivity index (χ4v) is 3.70. The van der Waals surface area contributed by atoms with Crippen LogP contribution in [0.5, 0.6) is 0 Å². The van der Waals surface area contributed by atoms with E-state index in [2.05, 4.69) is 101 Å². The first kappa shape index (κ1) is 19.0. The Labute approximate surface area is 173 Å². The number of hydrogen-bond donors (Lipinski definition) is 0. The largest absolute Gasteiger partial charge is 0.375 e. The van der Waals surface area contributed by atoms with Crippen molar-refractivity contribution in [3.63, 3.8) is 0 Å². The van der Waals surface area contributed by atoms with Gasteiger partial charge in [0.05, 0.1) is 17.7 Å². The summed E-state index contributed by atoms with van der Waals surface area (Å²) in [6.45, 7) is 2.01. The topological polar surface area (TPSA) is 21.1 Å². The van der Waals surface area contributed by atoms with Crippen molar-refractivity contribution in [3.05, 3.63) is 97.3 Å². The van der Waals surface area contributed by atoms with Crippen molar-refractivity contribution in [2.45, 2.75) is 19.4 Å². The van der Waals surface area contributed by atoms with Crippen molar-refractivity contribution in [1.82, 2.24) is 9.55 Å². The number of hydrogen-bond acceptors (Lipinski definition) is 2. The minimum Gasteiger partial charge on any atom is -0.375 e.